The Hall–Kier alpha value is -3.27. The maximum atomic E-state index is 13.5. The Morgan fingerprint density at radius 2 is 0.778 bits per heavy atom. The Morgan fingerprint density at radius 1 is 0.500 bits per heavy atom. The van der Waals surface area contributed by atoms with Crippen molar-refractivity contribution in [3.8, 4) is 0 Å². The Bertz CT molecular complexity index is 1230. The molecule has 0 amide bonds. The van der Waals surface area contributed by atoms with Crippen LogP contribution in [0.25, 0.3) is 0 Å². The highest BCUT2D eigenvalue weighted by atomic mass is 32.2. The fourth-order valence-electron chi connectivity index (χ4n) is 3.80. The summed E-state index contributed by atoms with van der Waals surface area (Å²) in [5.41, 5.74) is 2.62. The molecule has 36 heavy (non-hydrogen) atoms. The zero-order valence-corrected chi connectivity index (χ0v) is 22.2. The van der Waals surface area contributed by atoms with E-state index in [1.165, 1.54) is 0 Å². The SMILES string of the molecule is Cc1c(C(=O)Sc2ccccn2)c(C)c(C(=O)Sc2ccccn2)c(C)c1C(=O)Sc1ccccn1. The Balaban J connectivity index is 1.82. The van der Waals surface area contributed by atoms with Crippen LogP contribution < -0.4 is 0 Å². The highest BCUT2D eigenvalue weighted by Gasteiger charge is 2.29. The molecule has 6 nitrogen and oxygen atoms in total. The molecule has 0 aliphatic rings. The Labute approximate surface area is 221 Å². The van der Waals surface area contributed by atoms with E-state index in [0.717, 1.165) is 35.3 Å². The predicted molar refractivity (Wildman–Crippen MR) is 144 cm³/mol. The van der Waals surface area contributed by atoms with E-state index in [1.807, 2.05) is 0 Å². The fraction of sp³-hybridized carbons (Fsp3) is 0.111. The van der Waals surface area contributed by atoms with Gasteiger partial charge in [0.15, 0.2) is 0 Å². The normalized spacial score (nSPS) is 10.8. The van der Waals surface area contributed by atoms with Crippen LogP contribution >= 0.6 is 35.3 Å². The number of hydrogen-bond donors (Lipinski definition) is 0. The molecule has 180 valence electrons. The zero-order chi connectivity index (χ0) is 25.7. The largest absolute Gasteiger partial charge is 0.281 e. The van der Waals surface area contributed by atoms with Crippen LogP contribution in [0.3, 0.4) is 0 Å². The van der Waals surface area contributed by atoms with Gasteiger partial charge in [0.1, 0.15) is 15.1 Å². The zero-order valence-electron chi connectivity index (χ0n) is 19.7. The van der Waals surface area contributed by atoms with E-state index in [2.05, 4.69) is 15.0 Å². The first-order valence-electron chi connectivity index (χ1n) is 10.9. The molecule has 0 saturated carbocycles. The highest BCUT2D eigenvalue weighted by molar-refractivity contribution is 8.14. The minimum absolute atomic E-state index is 0.280. The summed E-state index contributed by atoms with van der Waals surface area (Å²) in [5.74, 6) is 0. The number of rotatable bonds is 6. The van der Waals surface area contributed by atoms with E-state index in [9.17, 15) is 14.4 Å². The maximum absolute atomic E-state index is 13.5. The third-order valence-corrected chi connectivity index (χ3v) is 7.89. The van der Waals surface area contributed by atoms with E-state index >= 15 is 0 Å². The Morgan fingerprint density at radius 3 is 1.00 bits per heavy atom. The van der Waals surface area contributed by atoms with Crippen molar-refractivity contribution in [2.45, 2.75) is 35.8 Å². The van der Waals surface area contributed by atoms with Crippen LogP contribution in [0.1, 0.15) is 47.8 Å². The molecule has 0 fully saturated rings. The molecule has 4 aromatic rings. The molecule has 4 rings (SSSR count). The first-order chi connectivity index (χ1) is 17.4. The molecule has 1 aromatic carbocycles. The number of hydrogen-bond acceptors (Lipinski definition) is 9. The topological polar surface area (TPSA) is 89.9 Å². The number of aromatic nitrogens is 3. The van der Waals surface area contributed by atoms with Crippen LogP contribution in [0.4, 0.5) is 0 Å². The summed E-state index contributed by atoms with van der Waals surface area (Å²) in [5, 5.41) is 0.766. The first-order valence-corrected chi connectivity index (χ1v) is 13.3. The number of benzene rings is 1. The van der Waals surface area contributed by atoms with Gasteiger partial charge in [-0.15, -0.1) is 0 Å². The van der Waals surface area contributed by atoms with Crippen LogP contribution in [-0.2, 0) is 0 Å². The molecule has 0 bridgehead atoms. The molecule has 0 saturated heterocycles. The lowest BCUT2D eigenvalue weighted by molar-refractivity contribution is 0.108. The van der Waals surface area contributed by atoms with Gasteiger partial charge in [0.2, 0.25) is 15.3 Å². The summed E-state index contributed by atoms with van der Waals surface area (Å²) in [7, 11) is 0. The molecule has 0 aliphatic carbocycles. The minimum Gasteiger partial charge on any atom is -0.281 e. The summed E-state index contributed by atoms with van der Waals surface area (Å²) >= 11 is 2.91. The molecule has 0 spiro atoms. The molecular weight excluding hydrogens is 511 g/mol. The van der Waals surface area contributed by atoms with Crippen molar-refractivity contribution in [3.63, 3.8) is 0 Å². The van der Waals surface area contributed by atoms with Crippen molar-refractivity contribution in [2.75, 3.05) is 0 Å². The van der Waals surface area contributed by atoms with E-state index in [4.69, 9.17) is 0 Å². The second kappa shape index (κ2) is 11.6. The van der Waals surface area contributed by atoms with Gasteiger partial charge in [-0.3, -0.25) is 14.4 Å². The molecule has 9 heteroatoms. The third kappa shape index (κ3) is 5.75. The number of carbonyl (C=O) groups is 3. The summed E-state index contributed by atoms with van der Waals surface area (Å²) < 4.78 is 0. The van der Waals surface area contributed by atoms with Crippen LogP contribution in [0, 0.1) is 20.8 Å². The highest BCUT2D eigenvalue weighted by Crippen LogP contribution is 2.37. The monoisotopic (exact) mass is 531 g/mol. The van der Waals surface area contributed by atoms with Crippen molar-refractivity contribution < 1.29 is 14.4 Å². The van der Waals surface area contributed by atoms with E-state index in [1.54, 1.807) is 94.0 Å². The lowest BCUT2D eigenvalue weighted by Crippen LogP contribution is -2.15. The second-order valence-electron chi connectivity index (χ2n) is 7.67. The van der Waals surface area contributed by atoms with Gasteiger partial charge in [-0.25, -0.2) is 15.0 Å². The Kier molecular flexibility index (Phi) is 8.35. The van der Waals surface area contributed by atoms with Crippen LogP contribution in [0.15, 0.2) is 88.3 Å². The van der Waals surface area contributed by atoms with Crippen molar-refractivity contribution >= 4 is 50.6 Å². The van der Waals surface area contributed by atoms with Crippen LogP contribution in [0.2, 0.25) is 0 Å². The van der Waals surface area contributed by atoms with E-state index < -0.39 is 0 Å². The summed E-state index contributed by atoms with van der Waals surface area (Å²) in [6.07, 6.45) is 4.84. The summed E-state index contributed by atoms with van der Waals surface area (Å²) in [4.78, 5) is 53.2. The predicted octanol–water partition coefficient (Wildman–Crippen LogP) is 6.59. The van der Waals surface area contributed by atoms with Crippen molar-refractivity contribution in [1.82, 2.24) is 15.0 Å². The smallest absolute Gasteiger partial charge is 0.226 e. The van der Waals surface area contributed by atoms with Gasteiger partial charge in [-0.2, -0.15) is 0 Å². The van der Waals surface area contributed by atoms with E-state index in [0.29, 0.717) is 48.5 Å². The summed E-state index contributed by atoms with van der Waals surface area (Å²) in [6.45, 7) is 5.25. The molecular formula is C27H21N3O3S3. The molecule has 3 aromatic heterocycles. The molecule has 0 radical (unpaired) electrons. The minimum atomic E-state index is -0.280. The second-order valence-corrected chi connectivity index (χ2v) is 10.7. The van der Waals surface area contributed by atoms with Gasteiger partial charge >= 0.3 is 0 Å². The summed E-state index contributed by atoms with van der Waals surface area (Å²) in [6, 6.07) is 15.9. The molecule has 0 aliphatic heterocycles. The lowest BCUT2D eigenvalue weighted by atomic mass is 9.89. The van der Waals surface area contributed by atoms with Gasteiger partial charge in [0.05, 0.1) is 0 Å². The molecule has 0 atom stereocenters. The fourth-order valence-corrected chi connectivity index (χ4v) is 6.37. The van der Waals surface area contributed by atoms with Gasteiger partial charge < -0.3 is 0 Å². The lowest BCUT2D eigenvalue weighted by Gasteiger charge is -2.19. The van der Waals surface area contributed by atoms with Crippen LogP contribution in [-0.4, -0.2) is 30.3 Å². The average Bonchev–Trinajstić information content (AvgIpc) is 2.85. The number of carbonyl (C=O) groups excluding carboxylic acids is 3. The van der Waals surface area contributed by atoms with Crippen molar-refractivity contribution in [1.29, 1.82) is 0 Å². The van der Waals surface area contributed by atoms with Gasteiger partial charge in [-0.1, -0.05) is 18.2 Å². The van der Waals surface area contributed by atoms with Gasteiger partial charge in [0, 0.05) is 35.3 Å². The van der Waals surface area contributed by atoms with Crippen LogP contribution in [0.5, 0.6) is 0 Å². The quantitative estimate of drug-likeness (QED) is 0.255. The van der Waals surface area contributed by atoms with E-state index in [-0.39, 0.29) is 15.3 Å². The number of thioether (sulfide) groups is 3. The van der Waals surface area contributed by atoms with Crippen molar-refractivity contribution in [3.05, 3.63) is 107 Å². The number of nitrogens with zero attached hydrogens (tertiary/aromatic N) is 3. The molecule has 0 unspecified atom stereocenters. The third-order valence-electron chi connectivity index (χ3n) is 5.37. The van der Waals surface area contributed by atoms with Gasteiger partial charge in [-0.05, 0) is 109 Å². The average molecular weight is 532 g/mol. The first kappa shape index (κ1) is 25.8. The maximum Gasteiger partial charge on any atom is 0.226 e. The standard InChI is InChI=1S/C27H21N3O3S3/c1-16-22(25(31)34-19-10-4-7-13-28-19)17(2)24(27(33)36-21-12-6-9-15-30-21)18(3)23(16)26(32)35-20-11-5-8-14-29-20/h4-15H,1-3H3. The van der Waals surface area contributed by atoms with Gasteiger partial charge in [0.25, 0.3) is 0 Å². The van der Waals surface area contributed by atoms with Crippen molar-refractivity contribution in [2.24, 2.45) is 0 Å². The number of pyridine rings is 3. The molecule has 3 heterocycles. The molecule has 0 N–H and O–H groups in total.